The number of benzene rings is 1. The summed E-state index contributed by atoms with van der Waals surface area (Å²) < 4.78 is 0. The van der Waals surface area contributed by atoms with Crippen LogP contribution in [0, 0.1) is 23.7 Å². The Morgan fingerprint density at radius 2 is 1.15 bits per heavy atom. The van der Waals surface area contributed by atoms with E-state index in [0.717, 1.165) is 6.42 Å². The molecular weight excluding hydrogens is 591 g/mol. The Hall–Kier alpha value is 0.440. The molecule has 2 aliphatic carbocycles. The number of carbonyl (C=O) groups is 3. The molecule has 0 aromatic heterocycles. The van der Waals surface area contributed by atoms with Crippen LogP contribution in [-0.4, -0.2) is 32.3 Å². The maximum atomic E-state index is 13.1. The summed E-state index contributed by atoms with van der Waals surface area (Å²) in [6, 6.07) is 0. The van der Waals surface area contributed by atoms with Gasteiger partial charge in [0, 0.05) is 9.65 Å². The number of hydrogen-bond acceptors (Lipinski definition) is 3. The Labute approximate surface area is 196 Å². The highest BCUT2D eigenvalue weighted by Gasteiger charge is 2.67. The fourth-order valence-electron chi connectivity index (χ4n) is 4.45. The Balaban J connectivity index is 1.77. The number of fused-ring (bicyclic) bond motifs is 5. The monoisotopic (exact) mass is 595 g/mol. The first-order valence-electron chi connectivity index (χ1n) is 7.81. The maximum absolute atomic E-state index is 13.1. The molecule has 1 aromatic rings. The molecule has 6 atom stereocenters. The zero-order valence-electron chi connectivity index (χ0n) is 13.0. The fourth-order valence-corrected chi connectivity index (χ4v) is 7.63. The van der Waals surface area contributed by atoms with Gasteiger partial charge in [-0.05, 0) is 18.3 Å². The third kappa shape index (κ3) is 2.70. The molecule has 1 saturated heterocycles. The van der Waals surface area contributed by atoms with Crippen LogP contribution in [0.3, 0.4) is 0 Å². The zero-order valence-corrected chi connectivity index (χ0v) is 19.9. The van der Waals surface area contributed by atoms with Crippen LogP contribution in [0.5, 0.6) is 0 Å². The lowest BCUT2D eigenvalue weighted by atomic mass is 9.81. The van der Waals surface area contributed by atoms with Crippen molar-refractivity contribution in [2.75, 3.05) is 0 Å². The summed E-state index contributed by atoms with van der Waals surface area (Å²) in [6.45, 7) is 0. The van der Waals surface area contributed by atoms with E-state index in [4.69, 9.17) is 58.0 Å². The lowest BCUT2D eigenvalue weighted by molar-refractivity contribution is -0.137. The van der Waals surface area contributed by atoms with Crippen LogP contribution in [0.15, 0.2) is 0 Å². The van der Waals surface area contributed by atoms with Crippen LogP contribution in [0.25, 0.3) is 0 Å². The van der Waals surface area contributed by atoms with Gasteiger partial charge in [0.15, 0.2) is 0 Å². The average Bonchev–Trinajstić information content (AvgIpc) is 3.23. The van der Waals surface area contributed by atoms with Crippen molar-refractivity contribution in [1.82, 2.24) is 4.90 Å². The highest BCUT2D eigenvalue weighted by molar-refractivity contribution is 9.12. The number of alkyl halides is 2. The molecule has 6 unspecified atom stereocenters. The minimum atomic E-state index is -0.938. The summed E-state index contributed by atoms with van der Waals surface area (Å²) in [4.78, 5) is 39.8. The smallest absolute Gasteiger partial charge is 0.270 e. The first-order chi connectivity index (χ1) is 12.6. The molecule has 2 saturated carbocycles. The highest BCUT2D eigenvalue weighted by atomic mass is 79.9. The van der Waals surface area contributed by atoms with Crippen LogP contribution in [-0.2, 0) is 9.59 Å². The predicted molar refractivity (Wildman–Crippen MR) is 112 cm³/mol. The van der Waals surface area contributed by atoms with Gasteiger partial charge in [0.05, 0.1) is 42.5 Å². The van der Waals surface area contributed by atoms with E-state index in [2.05, 4.69) is 31.9 Å². The molecule has 3 amide bonds. The SMILES string of the molecule is O=C(c1c(Cl)c(Cl)c(Cl)c(Cl)c1Cl)N1C(=O)C2C3CC(C(Br)C3Br)C2C1=O. The second-order valence-electron chi connectivity index (χ2n) is 6.77. The van der Waals surface area contributed by atoms with E-state index >= 15 is 0 Å². The summed E-state index contributed by atoms with van der Waals surface area (Å²) >= 11 is 37.4. The van der Waals surface area contributed by atoms with Crippen LogP contribution >= 0.6 is 89.9 Å². The summed E-state index contributed by atoms with van der Waals surface area (Å²) in [5.41, 5.74) is -0.308. The number of imide groups is 3. The number of nitrogens with zero attached hydrogens (tertiary/aromatic N) is 1. The van der Waals surface area contributed by atoms with Gasteiger partial charge in [-0.2, -0.15) is 0 Å². The molecule has 3 fully saturated rings. The number of halogens is 7. The predicted octanol–water partition coefficient (Wildman–Crippen LogP) is 5.87. The molecule has 0 radical (unpaired) electrons. The quantitative estimate of drug-likeness (QED) is 0.176. The summed E-state index contributed by atoms with van der Waals surface area (Å²) in [7, 11) is 0. The van der Waals surface area contributed by atoms with E-state index in [1.807, 2.05) is 0 Å². The van der Waals surface area contributed by atoms with Gasteiger partial charge in [-0.15, -0.1) is 0 Å². The van der Waals surface area contributed by atoms with Crippen molar-refractivity contribution in [2.24, 2.45) is 23.7 Å². The van der Waals surface area contributed by atoms with Gasteiger partial charge in [0.25, 0.3) is 5.91 Å². The van der Waals surface area contributed by atoms with Crippen LogP contribution in [0.1, 0.15) is 16.8 Å². The van der Waals surface area contributed by atoms with Gasteiger partial charge in [-0.25, -0.2) is 4.90 Å². The van der Waals surface area contributed by atoms with Crippen molar-refractivity contribution in [3.8, 4) is 0 Å². The van der Waals surface area contributed by atoms with Crippen molar-refractivity contribution in [3.05, 3.63) is 30.7 Å². The number of likely N-dealkylation sites (tertiary alicyclic amines) is 1. The first kappa shape index (κ1) is 20.7. The minimum Gasteiger partial charge on any atom is -0.274 e. The highest BCUT2D eigenvalue weighted by Crippen LogP contribution is 2.60. The minimum absolute atomic E-state index is 0.0260. The standard InChI is InChI=1S/C16H8Br2Cl5NO3/c17-7-2-1-3(8(7)18)5-4(2)14(25)24(15(5)26)16(27)6-9(19)11(21)13(23)12(22)10(6)20/h2-5,7-8H,1H2. The summed E-state index contributed by atoms with van der Waals surface area (Å²) in [5.74, 6) is -3.15. The molecule has 1 heterocycles. The lowest BCUT2D eigenvalue weighted by Crippen LogP contribution is -2.39. The molecular formula is C16H8Br2Cl5NO3. The molecule has 27 heavy (non-hydrogen) atoms. The van der Waals surface area contributed by atoms with Crippen LogP contribution in [0.4, 0.5) is 0 Å². The number of hydrogen-bond donors (Lipinski definition) is 0. The zero-order chi connectivity index (χ0) is 19.9. The van der Waals surface area contributed by atoms with Gasteiger partial charge in [0.2, 0.25) is 11.8 Å². The van der Waals surface area contributed by atoms with Gasteiger partial charge >= 0.3 is 0 Å². The average molecular weight is 599 g/mol. The second-order valence-corrected chi connectivity index (χ2v) is 10.8. The number of amides is 3. The molecule has 3 aliphatic rings. The van der Waals surface area contributed by atoms with Crippen molar-refractivity contribution >= 4 is 108 Å². The molecule has 0 spiro atoms. The Morgan fingerprint density at radius 1 is 0.778 bits per heavy atom. The first-order valence-corrected chi connectivity index (χ1v) is 11.5. The van der Waals surface area contributed by atoms with Crippen molar-refractivity contribution in [3.63, 3.8) is 0 Å². The maximum Gasteiger partial charge on any atom is 0.270 e. The molecule has 144 valence electrons. The van der Waals surface area contributed by atoms with Crippen LogP contribution in [0.2, 0.25) is 25.1 Å². The van der Waals surface area contributed by atoms with E-state index < -0.39 is 29.6 Å². The van der Waals surface area contributed by atoms with E-state index in [1.54, 1.807) is 0 Å². The van der Waals surface area contributed by atoms with E-state index in [9.17, 15) is 14.4 Å². The van der Waals surface area contributed by atoms with E-state index in [1.165, 1.54) is 0 Å². The topological polar surface area (TPSA) is 54.5 Å². The van der Waals surface area contributed by atoms with Crippen molar-refractivity contribution in [1.29, 1.82) is 0 Å². The van der Waals surface area contributed by atoms with Gasteiger partial charge < -0.3 is 0 Å². The Bertz CT molecular complexity index is 865. The molecule has 2 bridgehead atoms. The van der Waals surface area contributed by atoms with Crippen molar-refractivity contribution in [2.45, 2.75) is 16.1 Å². The third-order valence-electron chi connectivity index (χ3n) is 5.61. The normalized spacial score (nSPS) is 34.6. The number of rotatable bonds is 1. The summed E-state index contributed by atoms with van der Waals surface area (Å²) in [6.07, 6.45) is 0.751. The van der Waals surface area contributed by atoms with Gasteiger partial charge in [0.1, 0.15) is 0 Å². The Morgan fingerprint density at radius 3 is 1.56 bits per heavy atom. The molecule has 1 aliphatic heterocycles. The molecule has 0 N–H and O–H groups in total. The van der Waals surface area contributed by atoms with Gasteiger partial charge in [-0.3, -0.25) is 14.4 Å². The van der Waals surface area contributed by atoms with Crippen LogP contribution < -0.4 is 0 Å². The lowest BCUT2D eigenvalue weighted by Gasteiger charge is -2.28. The summed E-state index contributed by atoms with van der Waals surface area (Å²) in [5, 5.41) is -0.951. The van der Waals surface area contributed by atoms with Gasteiger partial charge in [-0.1, -0.05) is 89.9 Å². The fraction of sp³-hybridized carbons (Fsp3) is 0.438. The molecule has 4 rings (SSSR count). The van der Waals surface area contributed by atoms with E-state index in [0.29, 0.717) is 4.90 Å². The molecule has 4 nitrogen and oxygen atoms in total. The number of carbonyl (C=O) groups excluding carboxylic acids is 3. The molecule has 11 heteroatoms. The largest absolute Gasteiger partial charge is 0.274 e. The van der Waals surface area contributed by atoms with E-state index in [-0.39, 0.29) is 52.2 Å². The second kappa shape index (κ2) is 7.00. The Kier molecular flexibility index (Phi) is 5.37. The molecule has 1 aromatic carbocycles. The van der Waals surface area contributed by atoms with Crippen molar-refractivity contribution < 1.29 is 14.4 Å². The third-order valence-corrected chi connectivity index (χ3v) is 11.1.